The molecule has 59 heavy (non-hydrogen) atoms. The Morgan fingerprint density at radius 2 is 1.07 bits per heavy atom. The third kappa shape index (κ3) is 5.04. The lowest BCUT2D eigenvalue weighted by molar-refractivity contribution is 0.666. The van der Waals surface area contributed by atoms with Crippen LogP contribution < -0.4 is 26.2 Å². The third-order valence-electron chi connectivity index (χ3n) is 12.8. The van der Waals surface area contributed by atoms with E-state index < -0.39 is 0 Å². The Balaban J connectivity index is 1.05. The summed E-state index contributed by atoms with van der Waals surface area (Å²) < 4.78 is 2.65. The highest BCUT2D eigenvalue weighted by Gasteiger charge is 2.46. The number of aromatic nitrogens is 1. The summed E-state index contributed by atoms with van der Waals surface area (Å²) in [6.45, 7) is 7.26. The van der Waals surface area contributed by atoms with Crippen LogP contribution in [0.5, 0.6) is 0 Å². The predicted octanol–water partition coefficient (Wildman–Crippen LogP) is 12.5. The first-order valence-electron chi connectivity index (χ1n) is 20.6. The van der Waals surface area contributed by atoms with E-state index in [9.17, 15) is 0 Å². The zero-order valence-electron chi connectivity index (χ0n) is 33.2. The van der Waals surface area contributed by atoms with E-state index in [4.69, 9.17) is 0 Å². The minimum atomic E-state index is -0.228. The van der Waals surface area contributed by atoms with Gasteiger partial charge in [0.25, 0.3) is 0 Å². The predicted molar refractivity (Wildman–Crippen MR) is 250 cm³/mol. The molecule has 0 radical (unpaired) electrons. The first-order valence-corrected chi connectivity index (χ1v) is 21.4. The lowest BCUT2D eigenvalue weighted by atomic mass is 9.35. The maximum absolute atomic E-state index is 2.65. The summed E-state index contributed by atoms with van der Waals surface area (Å²) in [5.74, 6) is 0. The average molecular weight is 774 g/mol. The summed E-state index contributed by atoms with van der Waals surface area (Å²) in [6, 6.07) is 69.2. The van der Waals surface area contributed by atoms with E-state index in [1.165, 1.54) is 76.4 Å². The van der Waals surface area contributed by atoms with Crippen molar-refractivity contribution in [3.8, 4) is 16.9 Å². The zero-order chi connectivity index (χ0) is 39.4. The molecule has 0 atom stereocenters. The van der Waals surface area contributed by atoms with Crippen LogP contribution in [-0.4, -0.2) is 11.3 Å². The molecule has 9 aromatic rings. The van der Waals surface area contributed by atoms with Gasteiger partial charge in [-0.2, -0.15) is 0 Å². The van der Waals surface area contributed by atoms with Crippen molar-refractivity contribution in [3.05, 3.63) is 205 Å². The van der Waals surface area contributed by atoms with Crippen molar-refractivity contribution in [1.82, 2.24) is 4.57 Å². The molecule has 0 spiro atoms. The van der Waals surface area contributed by atoms with Crippen molar-refractivity contribution in [2.75, 3.05) is 9.80 Å². The molecular weight excluding hydrogens is 733 g/mol. The van der Waals surface area contributed by atoms with Gasteiger partial charge in [0.1, 0.15) is 0 Å². The number of para-hydroxylation sites is 5. The number of hydrogen-bond acceptors (Lipinski definition) is 3. The zero-order valence-corrected chi connectivity index (χ0v) is 34.0. The standard InChI is InChI=1S/C54H40BN3S/c1-35-31-47-51-49(32-35)59-48-34-41(57(38-21-12-6-13-22-38)39-23-14-7-15-24-39)28-30-45(48)55(51)46-26-16-25-43-50-53(58(47)52(43)46)42-29-27-40(33-44(42)54(50,2)3)56(36-17-8-4-9-18-36)37-19-10-5-11-20-37/h4-34H,1-3H3. The number of benzene rings is 8. The first kappa shape index (κ1) is 34.4. The highest BCUT2D eigenvalue weighted by molar-refractivity contribution is 8.00. The molecular formula is C54H40BN3S. The van der Waals surface area contributed by atoms with Gasteiger partial charge in [0.15, 0.2) is 0 Å². The van der Waals surface area contributed by atoms with E-state index in [1.54, 1.807) is 0 Å². The average Bonchev–Trinajstić information content (AvgIpc) is 3.74. The summed E-state index contributed by atoms with van der Waals surface area (Å²) in [7, 11) is 0. The van der Waals surface area contributed by atoms with E-state index in [2.05, 4.69) is 223 Å². The number of aryl methyl sites for hydroxylation is 1. The smallest absolute Gasteiger partial charge is 0.249 e. The Bertz CT molecular complexity index is 3040. The summed E-state index contributed by atoms with van der Waals surface area (Å²) in [6.07, 6.45) is 0. The Morgan fingerprint density at radius 3 is 1.66 bits per heavy atom. The largest absolute Gasteiger partial charge is 0.310 e. The Morgan fingerprint density at radius 1 is 0.508 bits per heavy atom. The monoisotopic (exact) mass is 773 g/mol. The molecule has 280 valence electrons. The molecule has 0 unspecified atom stereocenters. The Labute approximate surface area is 350 Å². The van der Waals surface area contributed by atoms with Crippen LogP contribution in [0.15, 0.2) is 198 Å². The third-order valence-corrected chi connectivity index (χ3v) is 13.9. The molecule has 3 heterocycles. The van der Waals surface area contributed by atoms with Gasteiger partial charge < -0.3 is 14.4 Å². The van der Waals surface area contributed by atoms with E-state index in [0.29, 0.717) is 0 Å². The lowest BCUT2D eigenvalue weighted by Gasteiger charge is -2.35. The van der Waals surface area contributed by atoms with E-state index in [1.807, 2.05) is 11.8 Å². The molecule has 0 fully saturated rings. The first-order chi connectivity index (χ1) is 29.0. The van der Waals surface area contributed by atoms with E-state index in [0.717, 1.165) is 28.4 Å². The van der Waals surface area contributed by atoms with Crippen LogP contribution in [-0.2, 0) is 5.41 Å². The second kappa shape index (κ2) is 12.9. The SMILES string of the molecule is Cc1cc2c3c(c1)-n1c4c(c5cccc(c51)B3c1ccc(N(c3ccccc3)c3ccccc3)cc1S2)C(C)(C)c1cc(N(c2ccccc2)c2ccccc2)ccc1-4. The molecule has 2 aliphatic heterocycles. The van der Waals surface area contributed by atoms with E-state index >= 15 is 0 Å². The summed E-state index contributed by atoms with van der Waals surface area (Å²) in [5, 5.41) is 1.35. The fraction of sp³-hybridized carbons (Fsp3) is 0.0741. The van der Waals surface area contributed by atoms with Crippen molar-refractivity contribution < 1.29 is 0 Å². The minimum Gasteiger partial charge on any atom is -0.310 e. The molecule has 5 heteroatoms. The molecule has 3 aliphatic rings. The van der Waals surface area contributed by atoms with Crippen LogP contribution >= 0.6 is 11.8 Å². The molecule has 8 aromatic carbocycles. The maximum atomic E-state index is 2.65. The maximum Gasteiger partial charge on any atom is 0.249 e. The van der Waals surface area contributed by atoms with E-state index in [-0.39, 0.29) is 12.1 Å². The molecule has 1 aromatic heterocycles. The Hall–Kier alpha value is -6.69. The van der Waals surface area contributed by atoms with Gasteiger partial charge in [-0.3, -0.25) is 0 Å². The van der Waals surface area contributed by atoms with Crippen LogP contribution in [0.25, 0.3) is 27.8 Å². The Kier molecular flexibility index (Phi) is 7.52. The molecule has 0 bridgehead atoms. The summed E-state index contributed by atoms with van der Waals surface area (Å²) in [5.41, 5.74) is 20.3. The van der Waals surface area contributed by atoms with Crippen molar-refractivity contribution in [2.45, 2.75) is 36.0 Å². The molecule has 12 rings (SSSR count). The summed E-state index contributed by atoms with van der Waals surface area (Å²) in [4.78, 5) is 7.42. The highest BCUT2D eigenvalue weighted by Crippen LogP contribution is 2.55. The number of rotatable bonds is 6. The number of anilines is 6. The van der Waals surface area contributed by atoms with Gasteiger partial charge in [0.2, 0.25) is 6.71 Å². The summed E-state index contributed by atoms with van der Waals surface area (Å²) >= 11 is 1.93. The lowest BCUT2D eigenvalue weighted by Crippen LogP contribution is -2.58. The van der Waals surface area contributed by atoms with Crippen LogP contribution in [0.3, 0.4) is 0 Å². The van der Waals surface area contributed by atoms with Gasteiger partial charge in [0, 0.05) is 71.5 Å². The van der Waals surface area contributed by atoms with Gasteiger partial charge in [-0.1, -0.05) is 134 Å². The van der Waals surface area contributed by atoms with Crippen molar-refractivity contribution in [3.63, 3.8) is 0 Å². The number of nitrogens with zero attached hydrogens (tertiary/aromatic N) is 3. The molecule has 0 saturated carbocycles. The molecule has 0 amide bonds. The highest BCUT2D eigenvalue weighted by atomic mass is 32.2. The van der Waals surface area contributed by atoms with Gasteiger partial charge in [-0.05, 0) is 119 Å². The molecule has 1 aliphatic carbocycles. The second-order valence-electron chi connectivity index (χ2n) is 16.6. The molecule has 0 saturated heterocycles. The van der Waals surface area contributed by atoms with Crippen LogP contribution in [0.4, 0.5) is 34.1 Å². The van der Waals surface area contributed by atoms with Crippen molar-refractivity contribution in [2.24, 2.45) is 0 Å². The van der Waals surface area contributed by atoms with Gasteiger partial charge >= 0.3 is 0 Å². The van der Waals surface area contributed by atoms with Crippen molar-refractivity contribution >= 4 is 79.9 Å². The number of hydrogen-bond donors (Lipinski definition) is 0. The van der Waals surface area contributed by atoms with Crippen molar-refractivity contribution in [1.29, 1.82) is 0 Å². The fourth-order valence-corrected chi connectivity index (χ4v) is 11.6. The van der Waals surface area contributed by atoms with Crippen LogP contribution in [0.1, 0.15) is 30.5 Å². The van der Waals surface area contributed by atoms with Gasteiger partial charge in [-0.15, -0.1) is 0 Å². The normalized spacial score (nSPS) is 13.7. The van der Waals surface area contributed by atoms with Gasteiger partial charge in [-0.25, -0.2) is 0 Å². The quantitative estimate of drug-likeness (QED) is 0.156. The molecule has 0 N–H and O–H groups in total. The van der Waals surface area contributed by atoms with Crippen LogP contribution in [0, 0.1) is 6.92 Å². The number of fused-ring (bicyclic) bond motifs is 9. The van der Waals surface area contributed by atoms with Crippen LogP contribution in [0.2, 0.25) is 0 Å². The fourth-order valence-electron chi connectivity index (χ4n) is 10.3. The van der Waals surface area contributed by atoms with Gasteiger partial charge in [0.05, 0.1) is 5.69 Å². The minimum absolute atomic E-state index is 0.134. The second-order valence-corrected chi connectivity index (χ2v) is 17.7. The molecule has 3 nitrogen and oxygen atoms in total. The topological polar surface area (TPSA) is 11.4 Å².